The number of guanidine groups is 1. The second kappa shape index (κ2) is 7.79. The van der Waals surface area contributed by atoms with Crippen LogP contribution < -0.4 is 20.7 Å². The van der Waals surface area contributed by atoms with E-state index >= 15 is 0 Å². The van der Waals surface area contributed by atoms with Crippen molar-refractivity contribution in [2.75, 3.05) is 20.6 Å². The molecule has 0 bridgehead atoms. The van der Waals surface area contributed by atoms with Gasteiger partial charge in [0.05, 0.1) is 11.5 Å². The molecule has 2 aliphatic rings. The Morgan fingerprint density at radius 3 is 2.67 bits per heavy atom. The van der Waals surface area contributed by atoms with E-state index in [2.05, 4.69) is 39.1 Å². The molecule has 1 aromatic carbocycles. The van der Waals surface area contributed by atoms with E-state index in [9.17, 15) is 4.79 Å². The van der Waals surface area contributed by atoms with Crippen LogP contribution in [-0.4, -0.2) is 38.1 Å². The summed E-state index contributed by atoms with van der Waals surface area (Å²) in [7, 11) is 3.43. The molecule has 3 rings (SSSR count). The van der Waals surface area contributed by atoms with Crippen molar-refractivity contribution in [3.63, 3.8) is 0 Å². The van der Waals surface area contributed by atoms with Gasteiger partial charge >= 0.3 is 0 Å². The van der Waals surface area contributed by atoms with Crippen LogP contribution in [0.5, 0.6) is 5.75 Å². The van der Waals surface area contributed by atoms with Crippen molar-refractivity contribution in [3.8, 4) is 5.75 Å². The van der Waals surface area contributed by atoms with Crippen molar-refractivity contribution in [2.45, 2.75) is 57.6 Å². The molecule has 1 heterocycles. The van der Waals surface area contributed by atoms with Gasteiger partial charge in [0.2, 0.25) is 5.91 Å². The molecule has 1 aliphatic carbocycles. The van der Waals surface area contributed by atoms with Gasteiger partial charge in [0.15, 0.2) is 5.96 Å². The smallest absolute Gasteiger partial charge is 0.227 e. The van der Waals surface area contributed by atoms with Gasteiger partial charge in [0.25, 0.3) is 0 Å². The Hall–Kier alpha value is -2.24. The van der Waals surface area contributed by atoms with Crippen LogP contribution in [0.25, 0.3) is 0 Å². The van der Waals surface area contributed by atoms with Gasteiger partial charge in [-0.15, -0.1) is 0 Å². The van der Waals surface area contributed by atoms with Gasteiger partial charge in [-0.05, 0) is 45.6 Å². The van der Waals surface area contributed by atoms with Crippen molar-refractivity contribution in [1.82, 2.24) is 16.0 Å². The minimum Gasteiger partial charge on any atom is -0.487 e. The van der Waals surface area contributed by atoms with Gasteiger partial charge in [0, 0.05) is 32.6 Å². The molecule has 0 radical (unpaired) electrons. The van der Waals surface area contributed by atoms with Crippen LogP contribution in [0, 0.1) is 5.41 Å². The predicted octanol–water partition coefficient (Wildman–Crippen LogP) is 2.76. The monoisotopic (exact) mass is 372 g/mol. The molecule has 1 unspecified atom stereocenters. The molecule has 148 valence electrons. The number of para-hydroxylation sites is 1. The zero-order valence-electron chi connectivity index (χ0n) is 16.9. The molecule has 1 atom stereocenters. The molecule has 3 N–H and O–H groups in total. The van der Waals surface area contributed by atoms with E-state index < -0.39 is 5.41 Å². The average Bonchev–Trinajstić information content (AvgIpc) is 3.11. The quantitative estimate of drug-likeness (QED) is 0.561. The maximum atomic E-state index is 12.0. The van der Waals surface area contributed by atoms with Crippen molar-refractivity contribution in [3.05, 3.63) is 29.8 Å². The molecule has 1 spiro atoms. The van der Waals surface area contributed by atoms with Gasteiger partial charge in [-0.2, -0.15) is 0 Å². The summed E-state index contributed by atoms with van der Waals surface area (Å²) in [5.74, 6) is 1.69. The molecule has 1 aromatic rings. The fourth-order valence-electron chi connectivity index (χ4n) is 4.16. The van der Waals surface area contributed by atoms with Crippen molar-refractivity contribution < 1.29 is 9.53 Å². The van der Waals surface area contributed by atoms with Crippen molar-refractivity contribution in [1.29, 1.82) is 0 Å². The summed E-state index contributed by atoms with van der Waals surface area (Å²) in [5, 5.41) is 9.61. The average molecular weight is 373 g/mol. The van der Waals surface area contributed by atoms with Crippen molar-refractivity contribution >= 4 is 11.9 Å². The summed E-state index contributed by atoms with van der Waals surface area (Å²) >= 11 is 0. The lowest BCUT2D eigenvalue weighted by molar-refractivity contribution is -0.128. The van der Waals surface area contributed by atoms with E-state index in [0.717, 1.165) is 25.0 Å². The molecular formula is C21H32N4O2. The summed E-state index contributed by atoms with van der Waals surface area (Å²) in [6, 6.07) is 8.41. The third-order valence-corrected chi connectivity index (χ3v) is 5.79. The maximum Gasteiger partial charge on any atom is 0.227 e. The van der Waals surface area contributed by atoms with E-state index in [1.165, 1.54) is 18.4 Å². The van der Waals surface area contributed by atoms with Crippen LogP contribution in [-0.2, 0) is 4.79 Å². The minimum atomic E-state index is -0.521. The lowest BCUT2D eigenvalue weighted by Crippen LogP contribution is -2.50. The highest BCUT2D eigenvalue weighted by molar-refractivity contribution is 5.84. The van der Waals surface area contributed by atoms with Gasteiger partial charge in [-0.25, -0.2) is 0 Å². The van der Waals surface area contributed by atoms with Crippen LogP contribution in [0.1, 0.15) is 57.6 Å². The molecule has 1 aliphatic heterocycles. The Kier molecular flexibility index (Phi) is 5.63. The lowest BCUT2D eigenvalue weighted by atomic mass is 9.86. The number of nitrogens with one attached hydrogen (secondary N) is 3. The standard InChI is InChI=1S/C21H32N4O2/c1-20(2,18(26)22-3)14-24-19(23-4)25-16-13-21(11-7-8-12-21)27-17-10-6-5-9-15(16)17/h5-6,9-10,16H,7-8,11-14H2,1-4H3,(H,22,26)(H2,23,24,25). The predicted molar refractivity (Wildman–Crippen MR) is 108 cm³/mol. The normalized spacial score (nSPS) is 21.3. The SMILES string of the molecule is CN=C(NCC(C)(C)C(=O)NC)NC1CC2(CCCC2)Oc2ccccc21. The third-order valence-electron chi connectivity index (χ3n) is 5.79. The number of amides is 1. The number of fused-ring (bicyclic) bond motifs is 1. The first kappa shape index (κ1) is 19.5. The molecule has 1 fully saturated rings. The maximum absolute atomic E-state index is 12.0. The zero-order valence-corrected chi connectivity index (χ0v) is 16.9. The molecule has 6 heteroatoms. The van der Waals surface area contributed by atoms with E-state index in [-0.39, 0.29) is 17.6 Å². The third kappa shape index (κ3) is 4.20. The molecular weight excluding hydrogens is 340 g/mol. The largest absolute Gasteiger partial charge is 0.487 e. The highest BCUT2D eigenvalue weighted by Gasteiger charge is 2.43. The van der Waals surface area contributed by atoms with Gasteiger partial charge < -0.3 is 20.7 Å². The summed E-state index contributed by atoms with van der Waals surface area (Å²) in [6.45, 7) is 4.34. The van der Waals surface area contributed by atoms with Crippen LogP contribution in [0.15, 0.2) is 29.3 Å². The first-order valence-corrected chi connectivity index (χ1v) is 9.86. The van der Waals surface area contributed by atoms with Crippen LogP contribution in [0.2, 0.25) is 0 Å². The Labute approximate surface area is 162 Å². The molecule has 1 saturated carbocycles. The second-order valence-corrected chi connectivity index (χ2v) is 8.32. The highest BCUT2D eigenvalue weighted by Crippen LogP contribution is 2.46. The zero-order chi connectivity index (χ0) is 19.5. The molecule has 0 saturated heterocycles. The topological polar surface area (TPSA) is 74.8 Å². The van der Waals surface area contributed by atoms with Crippen molar-refractivity contribution in [2.24, 2.45) is 10.4 Å². The van der Waals surface area contributed by atoms with Crippen LogP contribution in [0.4, 0.5) is 0 Å². The Morgan fingerprint density at radius 1 is 1.30 bits per heavy atom. The fourth-order valence-corrected chi connectivity index (χ4v) is 4.16. The number of carbonyl (C=O) groups is 1. The fraction of sp³-hybridized carbons (Fsp3) is 0.619. The summed E-state index contributed by atoms with van der Waals surface area (Å²) in [5.41, 5.74) is 0.585. The number of rotatable bonds is 4. The Morgan fingerprint density at radius 2 is 2.00 bits per heavy atom. The summed E-state index contributed by atoms with van der Waals surface area (Å²) in [6.07, 6.45) is 5.60. The molecule has 0 aromatic heterocycles. The number of carbonyl (C=O) groups excluding carboxylic acids is 1. The highest BCUT2D eigenvalue weighted by atomic mass is 16.5. The first-order valence-electron chi connectivity index (χ1n) is 9.86. The summed E-state index contributed by atoms with van der Waals surface area (Å²) < 4.78 is 6.43. The molecule has 27 heavy (non-hydrogen) atoms. The number of benzene rings is 1. The molecule has 1 amide bonds. The number of nitrogens with zero attached hydrogens (tertiary/aromatic N) is 1. The van der Waals surface area contributed by atoms with Crippen LogP contribution in [0.3, 0.4) is 0 Å². The Balaban J connectivity index is 1.73. The van der Waals surface area contributed by atoms with Gasteiger partial charge in [0.1, 0.15) is 11.4 Å². The van der Waals surface area contributed by atoms with E-state index in [1.807, 2.05) is 19.9 Å². The van der Waals surface area contributed by atoms with E-state index in [1.54, 1.807) is 14.1 Å². The summed E-state index contributed by atoms with van der Waals surface area (Å²) in [4.78, 5) is 16.4. The molecule has 6 nitrogen and oxygen atoms in total. The lowest BCUT2D eigenvalue weighted by Gasteiger charge is -2.40. The van der Waals surface area contributed by atoms with Gasteiger partial charge in [-0.1, -0.05) is 18.2 Å². The number of hydrogen-bond acceptors (Lipinski definition) is 3. The Bertz CT molecular complexity index is 708. The number of ether oxygens (including phenoxy) is 1. The number of hydrogen-bond donors (Lipinski definition) is 3. The van der Waals surface area contributed by atoms with E-state index in [4.69, 9.17) is 4.74 Å². The number of aliphatic imine (C=N–C) groups is 1. The van der Waals surface area contributed by atoms with Gasteiger partial charge in [-0.3, -0.25) is 9.79 Å². The van der Waals surface area contributed by atoms with Crippen LogP contribution >= 0.6 is 0 Å². The van der Waals surface area contributed by atoms with E-state index in [0.29, 0.717) is 12.5 Å². The minimum absolute atomic E-state index is 0.00627. The first-order chi connectivity index (χ1) is 12.9. The second-order valence-electron chi connectivity index (χ2n) is 8.32.